The molecule has 1 rings (SSSR count). The van der Waals surface area contributed by atoms with Crippen LogP contribution in [-0.4, -0.2) is 54.4 Å². The molecule has 0 bridgehead atoms. The quantitative estimate of drug-likeness (QED) is 0.797. The summed E-state index contributed by atoms with van der Waals surface area (Å²) in [7, 11) is -2.09. The number of carboxylic acids is 1. The van der Waals surface area contributed by atoms with E-state index in [4.69, 9.17) is 0 Å². The van der Waals surface area contributed by atoms with Crippen LogP contribution >= 0.6 is 0 Å². The van der Waals surface area contributed by atoms with Gasteiger partial charge in [-0.15, -0.1) is 0 Å². The predicted octanol–water partition coefficient (Wildman–Crippen LogP) is 1.30. The molecule has 1 amide bonds. The van der Waals surface area contributed by atoms with Gasteiger partial charge in [-0.05, 0) is 18.8 Å². The minimum Gasteiger partial charge on any atom is -0.479 e. The fourth-order valence-electron chi connectivity index (χ4n) is 2.92. The lowest BCUT2D eigenvalue weighted by Crippen LogP contribution is -2.57. The minimum absolute atomic E-state index is 0.0591. The average molecular weight is 319 g/mol. The lowest BCUT2D eigenvalue weighted by atomic mass is 9.80. The highest BCUT2D eigenvalue weighted by Gasteiger charge is 2.45. The lowest BCUT2D eigenvalue weighted by molar-refractivity contribution is -0.159. The zero-order valence-corrected chi connectivity index (χ0v) is 13.8. The van der Waals surface area contributed by atoms with Crippen molar-refractivity contribution < 1.29 is 23.1 Å². The van der Waals surface area contributed by atoms with Crippen molar-refractivity contribution in [3.05, 3.63) is 0 Å². The van der Waals surface area contributed by atoms with E-state index in [1.165, 1.54) is 7.05 Å². The van der Waals surface area contributed by atoms with Gasteiger partial charge >= 0.3 is 5.97 Å². The first-order chi connectivity index (χ1) is 9.61. The number of hydrogen-bond acceptors (Lipinski definition) is 4. The Morgan fingerprint density at radius 1 is 1.19 bits per heavy atom. The highest BCUT2D eigenvalue weighted by molar-refractivity contribution is 7.92. The molecule has 0 radical (unpaired) electrons. The van der Waals surface area contributed by atoms with Gasteiger partial charge in [0, 0.05) is 7.05 Å². The molecule has 0 aromatic carbocycles. The molecule has 7 heteroatoms. The van der Waals surface area contributed by atoms with Crippen LogP contribution in [0, 0.1) is 5.92 Å². The van der Waals surface area contributed by atoms with Gasteiger partial charge in [0.15, 0.2) is 9.84 Å². The number of likely N-dealkylation sites (N-methyl/N-ethyl adjacent to an activating group) is 1. The lowest BCUT2D eigenvalue weighted by Gasteiger charge is -2.41. The molecule has 6 nitrogen and oxygen atoms in total. The minimum atomic E-state index is -3.50. The first-order valence-electron chi connectivity index (χ1n) is 7.31. The maximum Gasteiger partial charge on any atom is 0.329 e. The molecule has 21 heavy (non-hydrogen) atoms. The number of carbonyl (C=O) groups is 2. The molecule has 0 saturated heterocycles. The standard InChI is InChI=1S/C14H25NO5S/c1-11(2)9-21(19,20)10-12(16)15(3)14(13(17)18)7-5-4-6-8-14/h11H,4-10H2,1-3H3,(H,17,18). The van der Waals surface area contributed by atoms with E-state index in [2.05, 4.69) is 0 Å². The molecule has 1 saturated carbocycles. The van der Waals surface area contributed by atoms with Crippen LogP contribution in [0.2, 0.25) is 0 Å². The molecule has 0 unspecified atom stereocenters. The molecule has 0 aliphatic heterocycles. The van der Waals surface area contributed by atoms with Crippen molar-refractivity contribution in [2.24, 2.45) is 5.92 Å². The molecule has 0 heterocycles. The molecule has 1 aliphatic carbocycles. The molecule has 1 fully saturated rings. The van der Waals surface area contributed by atoms with Crippen LogP contribution in [0.15, 0.2) is 0 Å². The Bertz CT molecular complexity index is 491. The van der Waals surface area contributed by atoms with Gasteiger partial charge in [-0.1, -0.05) is 33.1 Å². The highest BCUT2D eigenvalue weighted by Crippen LogP contribution is 2.33. The molecule has 1 N–H and O–H groups in total. The van der Waals surface area contributed by atoms with Gasteiger partial charge < -0.3 is 10.0 Å². The van der Waals surface area contributed by atoms with Crippen molar-refractivity contribution in [1.29, 1.82) is 0 Å². The Kier molecular flexibility index (Phi) is 5.78. The van der Waals surface area contributed by atoms with Gasteiger partial charge in [-0.3, -0.25) is 4.79 Å². The van der Waals surface area contributed by atoms with Gasteiger partial charge in [0.05, 0.1) is 5.75 Å². The summed E-state index contributed by atoms with van der Waals surface area (Å²) in [4.78, 5) is 25.0. The van der Waals surface area contributed by atoms with E-state index in [-0.39, 0.29) is 11.7 Å². The second-order valence-electron chi connectivity index (χ2n) is 6.30. The summed E-state index contributed by atoms with van der Waals surface area (Å²) < 4.78 is 23.8. The van der Waals surface area contributed by atoms with Crippen LogP contribution in [0.4, 0.5) is 0 Å². The first kappa shape index (κ1) is 17.9. The van der Waals surface area contributed by atoms with Crippen LogP contribution in [0.5, 0.6) is 0 Å². The number of carbonyl (C=O) groups excluding carboxylic acids is 1. The number of nitrogens with zero attached hydrogens (tertiary/aromatic N) is 1. The van der Waals surface area contributed by atoms with E-state index in [0.29, 0.717) is 12.8 Å². The topological polar surface area (TPSA) is 91.8 Å². The Morgan fingerprint density at radius 3 is 2.14 bits per heavy atom. The van der Waals surface area contributed by atoms with E-state index in [0.717, 1.165) is 24.2 Å². The van der Waals surface area contributed by atoms with Crippen LogP contribution in [0.1, 0.15) is 46.0 Å². The number of aliphatic carboxylic acids is 1. The molecular formula is C14H25NO5S. The fourth-order valence-corrected chi connectivity index (χ4v) is 4.62. The molecule has 1 aliphatic rings. The maximum absolute atomic E-state index is 12.2. The maximum atomic E-state index is 12.2. The van der Waals surface area contributed by atoms with Crippen LogP contribution in [0.25, 0.3) is 0 Å². The molecule has 0 aromatic heterocycles. The monoisotopic (exact) mass is 319 g/mol. The van der Waals surface area contributed by atoms with Crippen molar-refractivity contribution in [1.82, 2.24) is 4.90 Å². The zero-order valence-electron chi connectivity index (χ0n) is 13.0. The Balaban J connectivity index is 2.87. The number of hydrogen-bond donors (Lipinski definition) is 1. The Morgan fingerprint density at radius 2 is 1.71 bits per heavy atom. The average Bonchev–Trinajstić information content (AvgIpc) is 2.36. The van der Waals surface area contributed by atoms with Gasteiger partial charge in [0.1, 0.15) is 11.3 Å². The van der Waals surface area contributed by atoms with Crippen LogP contribution in [0.3, 0.4) is 0 Å². The molecule has 0 aromatic rings. The summed E-state index contributed by atoms with van der Waals surface area (Å²) in [6, 6.07) is 0. The molecule has 122 valence electrons. The van der Waals surface area contributed by atoms with E-state index >= 15 is 0 Å². The van der Waals surface area contributed by atoms with Crippen LogP contribution in [-0.2, 0) is 19.4 Å². The third-order valence-electron chi connectivity index (χ3n) is 4.03. The third kappa shape index (κ3) is 4.43. The largest absolute Gasteiger partial charge is 0.479 e. The number of sulfone groups is 1. The van der Waals surface area contributed by atoms with Crippen molar-refractivity contribution in [3.8, 4) is 0 Å². The molecule has 0 atom stereocenters. The molecular weight excluding hydrogens is 294 g/mol. The number of carboxylic acid groups (broad SMARTS) is 1. The number of rotatable bonds is 6. The van der Waals surface area contributed by atoms with Gasteiger partial charge in [-0.25, -0.2) is 13.2 Å². The summed E-state index contributed by atoms with van der Waals surface area (Å²) in [5, 5.41) is 9.51. The summed E-state index contributed by atoms with van der Waals surface area (Å²) in [6.07, 6.45) is 3.19. The van der Waals surface area contributed by atoms with E-state index in [9.17, 15) is 23.1 Å². The normalized spacial score (nSPS) is 18.5. The van der Waals surface area contributed by atoms with Gasteiger partial charge in [0.2, 0.25) is 5.91 Å². The Labute approximate surface area is 126 Å². The summed E-state index contributed by atoms with van der Waals surface area (Å²) in [6.45, 7) is 3.54. The second kappa shape index (κ2) is 6.77. The second-order valence-corrected chi connectivity index (χ2v) is 8.41. The van der Waals surface area contributed by atoms with Gasteiger partial charge in [0.25, 0.3) is 0 Å². The van der Waals surface area contributed by atoms with E-state index in [1.807, 2.05) is 0 Å². The fraction of sp³-hybridized carbons (Fsp3) is 0.857. The predicted molar refractivity (Wildman–Crippen MR) is 79.7 cm³/mol. The summed E-state index contributed by atoms with van der Waals surface area (Å²) >= 11 is 0. The van der Waals surface area contributed by atoms with Crippen molar-refractivity contribution in [3.63, 3.8) is 0 Å². The highest BCUT2D eigenvalue weighted by atomic mass is 32.2. The SMILES string of the molecule is CC(C)CS(=O)(=O)CC(=O)N(C)C1(C(=O)O)CCCCC1. The summed E-state index contributed by atoms with van der Waals surface area (Å²) in [5.41, 5.74) is -1.25. The van der Waals surface area contributed by atoms with Gasteiger partial charge in [-0.2, -0.15) is 0 Å². The molecule has 0 spiro atoms. The van der Waals surface area contributed by atoms with Crippen molar-refractivity contribution in [2.45, 2.75) is 51.5 Å². The first-order valence-corrected chi connectivity index (χ1v) is 9.13. The third-order valence-corrected chi connectivity index (χ3v) is 5.89. The summed E-state index contributed by atoms with van der Waals surface area (Å²) in [5.74, 6) is -2.40. The number of amides is 1. The Hall–Kier alpha value is -1.11. The van der Waals surface area contributed by atoms with E-state index in [1.54, 1.807) is 13.8 Å². The van der Waals surface area contributed by atoms with Crippen molar-refractivity contribution in [2.75, 3.05) is 18.6 Å². The van der Waals surface area contributed by atoms with Crippen molar-refractivity contribution >= 4 is 21.7 Å². The van der Waals surface area contributed by atoms with E-state index < -0.39 is 33.0 Å². The smallest absolute Gasteiger partial charge is 0.329 e. The van der Waals surface area contributed by atoms with Crippen LogP contribution < -0.4 is 0 Å². The zero-order chi connectivity index (χ0) is 16.3.